The largest absolute Gasteiger partial charge is 0.481 e. The van der Waals surface area contributed by atoms with E-state index in [2.05, 4.69) is 0 Å². The molecule has 0 spiro atoms. The minimum atomic E-state index is -3.42. The first-order valence-corrected chi connectivity index (χ1v) is 4.63. The first kappa shape index (κ1) is 11.9. The molecule has 0 aromatic rings. The molecule has 1 heterocycles. The average Bonchev–Trinajstić information content (AvgIpc) is 2.44. The Morgan fingerprint density at radius 1 is 1.40 bits per heavy atom. The second kappa shape index (κ2) is 3.75. The van der Waals surface area contributed by atoms with Gasteiger partial charge in [0.25, 0.3) is 5.91 Å². The number of likely N-dealkylation sites (tertiary alicyclic amines) is 1. The molecule has 1 rings (SSSR count). The van der Waals surface area contributed by atoms with E-state index in [9.17, 15) is 18.4 Å². The highest BCUT2D eigenvalue weighted by Crippen LogP contribution is 2.26. The number of carbonyl (C=O) groups is 2. The van der Waals surface area contributed by atoms with Crippen molar-refractivity contribution in [3.05, 3.63) is 0 Å². The lowest BCUT2D eigenvalue weighted by atomic mass is 9.99. The van der Waals surface area contributed by atoms with Crippen molar-refractivity contribution in [2.45, 2.75) is 19.8 Å². The first-order chi connectivity index (χ1) is 6.73. The van der Waals surface area contributed by atoms with Crippen LogP contribution >= 0.6 is 0 Å². The molecule has 2 atom stereocenters. The standard InChI is InChI=1S/C9H13F2NO3/c1-5-3-12(4-6(5)7(13)14)8(15)9(2,10)11/h5-6H,3-4H2,1-2H3,(H,13,14)/t5-,6-/m1/s1. The third-order valence-electron chi connectivity index (χ3n) is 2.59. The topological polar surface area (TPSA) is 57.6 Å². The van der Waals surface area contributed by atoms with Gasteiger partial charge in [-0.25, -0.2) is 0 Å². The summed E-state index contributed by atoms with van der Waals surface area (Å²) in [6, 6.07) is 0. The fraction of sp³-hybridized carbons (Fsp3) is 0.778. The van der Waals surface area contributed by atoms with Crippen molar-refractivity contribution in [3.63, 3.8) is 0 Å². The number of hydrogen-bond donors (Lipinski definition) is 1. The normalized spacial score (nSPS) is 26.8. The summed E-state index contributed by atoms with van der Waals surface area (Å²) in [6.45, 7) is 2.12. The van der Waals surface area contributed by atoms with E-state index in [1.807, 2.05) is 0 Å². The Morgan fingerprint density at radius 3 is 2.27 bits per heavy atom. The van der Waals surface area contributed by atoms with Crippen molar-refractivity contribution in [2.75, 3.05) is 13.1 Å². The fourth-order valence-electron chi connectivity index (χ4n) is 1.73. The summed E-state index contributed by atoms with van der Waals surface area (Å²) in [7, 11) is 0. The van der Waals surface area contributed by atoms with Crippen LogP contribution in [0.15, 0.2) is 0 Å². The van der Waals surface area contributed by atoms with E-state index in [-0.39, 0.29) is 19.0 Å². The molecular weight excluding hydrogens is 208 g/mol. The molecule has 4 nitrogen and oxygen atoms in total. The molecule has 6 heteroatoms. The summed E-state index contributed by atoms with van der Waals surface area (Å²) in [5.41, 5.74) is 0. The quantitative estimate of drug-likeness (QED) is 0.751. The van der Waals surface area contributed by atoms with Crippen molar-refractivity contribution < 1.29 is 23.5 Å². The van der Waals surface area contributed by atoms with Crippen molar-refractivity contribution in [1.82, 2.24) is 4.90 Å². The van der Waals surface area contributed by atoms with E-state index in [4.69, 9.17) is 5.11 Å². The Morgan fingerprint density at radius 2 is 1.93 bits per heavy atom. The molecule has 0 aliphatic carbocycles. The van der Waals surface area contributed by atoms with Crippen LogP contribution in [0.5, 0.6) is 0 Å². The van der Waals surface area contributed by atoms with E-state index in [1.54, 1.807) is 6.92 Å². The van der Waals surface area contributed by atoms with Gasteiger partial charge in [-0.3, -0.25) is 9.59 Å². The number of carbonyl (C=O) groups excluding carboxylic acids is 1. The lowest BCUT2D eigenvalue weighted by Gasteiger charge is -2.19. The summed E-state index contributed by atoms with van der Waals surface area (Å²) < 4.78 is 25.4. The van der Waals surface area contributed by atoms with Crippen LogP contribution in [0, 0.1) is 11.8 Å². The number of carboxylic acids is 1. The summed E-state index contributed by atoms with van der Waals surface area (Å²) >= 11 is 0. The molecule has 1 fully saturated rings. The van der Waals surface area contributed by atoms with Gasteiger partial charge in [-0.15, -0.1) is 0 Å². The number of aliphatic carboxylic acids is 1. The van der Waals surface area contributed by atoms with Crippen molar-refractivity contribution >= 4 is 11.9 Å². The molecule has 0 radical (unpaired) electrons. The smallest absolute Gasteiger partial charge is 0.322 e. The second-order valence-electron chi connectivity index (χ2n) is 4.02. The molecule has 0 unspecified atom stereocenters. The predicted molar refractivity (Wildman–Crippen MR) is 47.5 cm³/mol. The number of nitrogens with zero attached hydrogens (tertiary/aromatic N) is 1. The van der Waals surface area contributed by atoms with E-state index < -0.39 is 23.7 Å². The van der Waals surface area contributed by atoms with Crippen molar-refractivity contribution in [2.24, 2.45) is 11.8 Å². The van der Waals surface area contributed by atoms with Crippen LogP contribution in [0.2, 0.25) is 0 Å². The number of hydrogen-bond acceptors (Lipinski definition) is 2. The predicted octanol–water partition coefficient (Wildman–Crippen LogP) is 0.821. The molecule has 15 heavy (non-hydrogen) atoms. The van der Waals surface area contributed by atoms with Crippen LogP contribution in [0.1, 0.15) is 13.8 Å². The Hall–Kier alpha value is -1.20. The maximum atomic E-state index is 12.7. The highest BCUT2D eigenvalue weighted by Gasteiger charge is 2.43. The van der Waals surface area contributed by atoms with Crippen LogP contribution in [0.25, 0.3) is 0 Å². The number of carboxylic acid groups (broad SMARTS) is 1. The first-order valence-electron chi connectivity index (χ1n) is 4.63. The Balaban J connectivity index is 2.71. The highest BCUT2D eigenvalue weighted by atomic mass is 19.3. The highest BCUT2D eigenvalue weighted by molar-refractivity contribution is 5.84. The van der Waals surface area contributed by atoms with E-state index in [1.165, 1.54) is 0 Å². The Labute approximate surface area is 85.9 Å². The molecule has 86 valence electrons. The zero-order chi connectivity index (χ0) is 11.8. The third kappa shape index (κ3) is 2.43. The average molecular weight is 221 g/mol. The van der Waals surface area contributed by atoms with E-state index >= 15 is 0 Å². The SMILES string of the molecule is C[C@@H]1CN(C(=O)C(C)(F)F)C[C@H]1C(=O)O. The van der Waals surface area contributed by atoms with Gasteiger partial charge in [-0.1, -0.05) is 6.92 Å². The summed E-state index contributed by atoms with van der Waals surface area (Å²) in [5.74, 6) is -6.78. The van der Waals surface area contributed by atoms with Gasteiger partial charge in [0.05, 0.1) is 5.92 Å². The monoisotopic (exact) mass is 221 g/mol. The molecule has 0 aromatic heterocycles. The minimum absolute atomic E-state index is 0.0826. The number of amides is 1. The molecular formula is C9H13F2NO3. The fourth-order valence-corrected chi connectivity index (χ4v) is 1.73. The molecule has 0 aromatic carbocycles. The van der Waals surface area contributed by atoms with Crippen LogP contribution < -0.4 is 0 Å². The van der Waals surface area contributed by atoms with Gasteiger partial charge in [-0.05, 0) is 5.92 Å². The summed E-state index contributed by atoms with van der Waals surface area (Å²) in [5, 5.41) is 8.76. The number of alkyl halides is 2. The van der Waals surface area contributed by atoms with Gasteiger partial charge < -0.3 is 10.0 Å². The van der Waals surface area contributed by atoms with Gasteiger partial charge in [0, 0.05) is 20.0 Å². The van der Waals surface area contributed by atoms with Crippen LogP contribution in [-0.2, 0) is 9.59 Å². The van der Waals surface area contributed by atoms with E-state index in [0.717, 1.165) is 4.90 Å². The van der Waals surface area contributed by atoms with Crippen LogP contribution in [0.4, 0.5) is 8.78 Å². The van der Waals surface area contributed by atoms with Gasteiger partial charge in [-0.2, -0.15) is 8.78 Å². The Kier molecular flexibility index (Phi) is 2.97. The van der Waals surface area contributed by atoms with Crippen molar-refractivity contribution in [1.29, 1.82) is 0 Å². The molecule has 1 N–H and O–H groups in total. The van der Waals surface area contributed by atoms with E-state index in [0.29, 0.717) is 6.92 Å². The lowest BCUT2D eigenvalue weighted by molar-refractivity contribution is -0.154. The van der Waals surface area contributed by atoms with Crippen LogP contribution in [0.3, 0.4) is 0 Å². The van der Waals surface area contributed by atoms with Gasteiger partial charge in [0.2, 0.25) is 0 Å². The second-order valence-corrected chi connectivity index (χ2v) is 4.02. The number of halogens is 2. The Bertz CT molecular complexity index is 288. The summed E-state index contributed by atoms with van der Waals surface area (Å²) in [6.07, 6.45) is 0. The summed E-state index contributed by atoms with van der Waals surface area (Å²) in [4.78, 5) is 22.8. The maximum Gasteiger partial charge on any atom is 0.322 e. The molecule has 0 saturated carbocycles. The van der Waals surface area contributed by atoms with Gasteiger partial charge in [0.1, 0.15) is 0 Å². The zero-order valence-electron chi connectivity index (χ0n) is 8.54. The molecule has 1 aliphatic rings. The molecule has 1 amide bonds. The zero-order valence-corrected chi connectivity index (χ0v) is 8.54. The third-order valence-corrected chi connectivity index (χ3v) is 2.59. The van der Waals surface area contributed by atoms with Crippen LogP contribution in [-0.4, -0.2) is 40.9 Å². The van der Waals surface area contributed by atoms with Gasteiger partial charge >= 0.3 is 11.9 Å². The molecule has 1 aliphatic heterocycles. The molecule has 1 saturated heterocycles. The number of rotatable bonds is 2. The van der Waals surface area contributed by atoms with Gasteiger partial charge in [0.15, 0.2) is 0 Å². The maximum absolute atomic E-state index is 12.7. The molecule has 0 bridgehead atoms. The lowest BCUT2D eigenvalue weighted by Crippen LogP contribution is -2.40. The van der Waals surface area contributed by atoms with Crippen molar-refractivity contribution in [3.8, 4) is 0 Å². The minimum Gasteiger partial charge on any atom is -0.481 e.